The third-order valence-electron chi connectivity index (χ3n) is 3.60. The van der Waals surface area contributed by atoms with Crippen LogP contribution in [0.25, 0.3) is 10.9 Å². The van der Waals surface area contributed by atoms with E-state index in [9.17, 15) is 4.79 Å². The van der Waals surface area contributed by atoms with Crippen molar-refractivity contribution >= 4 is 28.5 Å². The van der Waals surface area contributed by atoms with Crippen molar-refractivity contribution in [1.29, 1.82) is 0 Å². The van der Waals surface area contributed by atoms with Crippen LogP contribution in [0.3, 0.4) is 0 Å². The van der Waals surface area contributed by atoms with E-state index in [-0.39, 0.29) is 5.56 Å². The SMILES string of the molecule is Cn1c(COc2ccccc2Cl)cc2ccc(C(=O)O)cc21. The van der Waals surface area contributed by atoms with Crippen molar-refractivity contribution in [2.45, 2.75) is 6.61 Å². The lowest BCUT2D eigenvalue weighted by Gasteiger charge is -2.09. The Balaban J connectivity index is 1.90. The molecule has 0 fully saturated rings. The molecule has 1 heterocycles. The van der Waals surface area contributed by atoms with Gasteiger partial charge >= 0.3 is 5.97 Å². The van der Waals surface area contributed by atoms with E-state index in [1.807, 2.05) is 35.9 Å². The van der Waals surface area contributed by atoms with Crippen molar-refractivity contribution in [3.63, 3.8) is 0 Å². The van der Waals surface area contributed by atoms with Gasteiger partial charge < -0.3 is 14.4 Å². The molecule has 0 amide bonds. The number of hydrogen-bond acceptors (Lipinski definition) is 2. The summed E-state index contributed by atoms with van der Waals surface area (Å²) in [7, 11) is 1.89. The Kier molecular flexibility index (Phi) is 3.77. The highest BCUT2D eigenvalue weighted by Crippen LogP contribution is 2.26. The molecule has 4 nitrogen and oxygen atoms in total. The fraction of sp³-hybridized carbons (Fsp3) is 0.118. The number of carboxylic acids is 1. The lowest BCUT2D eigenvalue weighted by molar-refractivity contribution is 0.0697. The zero-order chi connectivity index (χ0) is 15.7. The topological polar surface area (TPSA) is 51.5 Å². The molecule has 22 heavy (non-hydrogen) atoms. The summed E-state index contributed by atoms with van der Waals surface area (Å²) in [6.45, 7) is 0.358. The van der Waals surface area contributed by atoms with Crippen LogP contribution in [-0.4, -0.2) is 15.6 Å². The predicted molar refractivity (Wildman–Crippen MR) is 85.7 cm³/mol. The maximum Gasteiger partial charge on any atom is 0.335 e. The molecule has 1 N–H and O–H groups in total. The molecule has 0 aliphatic carbocycles. The Morgan fingerprint density at radius 3 is 2.73 bits per heavy atom. The summed E-state index contributed by atoms with van der Waals surface area (Å²) in [4.78, 5) is 11.1. The molecule has 1 aromatic heterocycles. The molecule has 5 heteroatoms. The molecule has 0 unspecified atom stereocenters. The number of fused-ring (bicyclic) bond motifs is 1. The smallest absolute Gasteiger partial charge is 0.335 e. The largest absolute Gasteiger partial charge is 0.486 e. The van der Waals surface area contributed by atoms with Crippen molar-refractivity contribution in [1.82, 2.24) is 4.57 Å². The van der Waals surface area contributed by atoms with Gasteiger partial charge in [0.1, 0.15) is 12.4 Å². The van der Waals surface area contributed by atoms with E-state index in [4.69, 9.17) is 21.4 Å². The highest BCUT2D eigenvalue weighted by atomic mass is 35.5. The number of benzene rings is 2. The molecular formula is C17H14ClNO3. The molecule has 0 spiro atoms. The number of aromatic carboxylic acids is 1. The Morgan fingerprint density at radius 2 is 2.00 bits per heavy atom. The number of aryl methyl sites for hydroxylation is 1. The molecule has 0 saturated heterocycles. The van der Waals surface area contributed by atoms with E-state index in [1.165, 1.54) is 0 Å². The van der Waals surface area contributed by atoms with E-state index < -0.39 is 5.97 Å². The highest BCUT2D eigenvalue weighted by Gasteiger charge is 2.10. The highest BCUT2D eigenvalue weighted by molar-refractivity contribution is 6.32. The van der Waals surface area contributed by atoms with Gasteiger partial charge in [0.15, 0.2) is 0 Å². The Hall–Kier alpha value is -2.46. The first kappa shape index (κ1) is 14.5. The third-order valence-corrected chi connectivity index (χ3v) is 3.92. The minimum absolute atomic E-state index is 0.271. The first-order valence-electron chi connectivity index (χ1n) is 6.75. The van der Waals surface area contributed by atoms with Gasteiger partial charge in [-0.1, -0.05) is 29.8 Å². The first-order valence-corrected chi connectivity index (χ1v) is 7.13. The average Bonchev–Trinajstić information content (AvgIpc) is 2.82. The summed E-state index contributed by atoms with van der Waals surface area (Å²) < 4.78 is 7.67. The number of rotatable bonds is 4. The zero-order valence-electron chi connectivity index (χ0n) is 11.9. The van der Waals surface area contributed by atoms with Gasteiger partial charge in [-0.2, -0.15) is 0 Å². The monoisotopic (exact) mass is 315 g/mol. The normalized spacial score (nSPS) is 10.8. The summed E-state index contributed by atoms with van der Waals surface area (Å²) in [5.74, 6) is -0.308. The number of hydrogen-bond donors (Lipinski definition) is 1. The van der Waals surface area contributed by atoms with Crippen molar-refractivity contribution in [3.8, 4) is 5.75 Å². The maximum absolute atomic E-state index is 11.1. The second kappa shape index (κ2) is 5.73. The number of nitrogens with zero attached hydrogens (tertiary/aromatic N) is 1. The lowest BCUT2D eigenvalue weighted by atomic mass is 10.1. The summed E-state index contributed by atoms with van der Waals surface area (Å²) >= 11 is 6.07. The molecule has 3 rings (SSSR count). The van der Waals surface area contributed by atoms with Gasteiger partial charge in [0, 0.05) is 18.0 Å². The van der Waals surface area contributed by atoms with Crippen LogP contribution >= 0.6 is 11.6 Å². The summed E-state index contributed by atoms with van der Waals surface area (Å²) in [6.07, 6.45) is 0. The Morgan fingerprint density at radius 1 is 1.23 bits per heavy atom. The van der Waals surface area contributed by atoms with Gasteiger partial charge in [0.05, 0.1) is 16.3 Å². The van der Waals surface area contributed by atoms with Gasteiger partial charge in [0.2, 0.25) is 0 Å². The van der Waals surface area contributed by atoms with Crippen LogP contribution in [0.2, 0.25) is 5.02 Å². The predicted octanol–water partition coefficient (Wildman–Crippen LogP) is 4.11. The molecule has 0 bridgehead atoms. The van der Waals surface area contributed by atoms with Crippen LogP contribution in [0.4, 0.5) is 0 Å². The van der Waals surface area contributed by atoms with E-state index in [0.717, 1.165) is 16.6 Å². The molecule has 3 aromatic rings. The van der Waals surface area contributed by atoms with Crippen molar-refractivity contribution in [2.24, 2.45) is 7.05 Å². The van der Waals surface area contributed by atoms with E-state index >= 15 is 0 Å². The number of carbonyl (C=O) groups is 1. The molecule has 0 aliphatic rings. The second-order valence-electron chi connectivity index (χ2n) is 4.99. The van der Waals surface area contributed by atoms with Crippen molar-refractivity contribution < 1.29 is 14.6 Å². The minimum Gasteiger partial charge on any atom is -0.486 e. The van der Waals surface area contributed by atoms with E-state index in [2.05, 4.69) is 0 Å². The van der Waals surface area contributed by atoms with E-state index in [1.54, 1.807) is 24.3 Å². The van der Waals surface area contributed by atoms with Crippen LogP contribution in [-0.2, 0) is 13.7 Å². The number of halogens is 1. The zero-order valence-corrected chi connectivity index (χ0v) is 12.7. The van der Waals surface area contributed by atoms with E-state index in [0.29, 0.717) is 17.4 Å². The van der Waals surface area contributed by atoms with Crippen LogP contribution in [0.1, 0.15) is 16.1 Å². The van der Waals surface area contributed by atoms with Crippen LogP contribution in [0, 0.1) is 0 Å². The molecule has 0 aliphatic heterocycles. The minimum atomic E-state index is -0.933. The Labute approximate surface area is 132 Å². The summed E-state index contributed by atoms with van der Waals surface area (Å²) in [5.41, 5.74) is 2.07. The van der Waals surface area contributed by atoms with Crippen molar-refractivity contribution in [3.05, 3.63) is 64.8 Å². The van der Waals surface area contributed by atoms with Gasteiger partial charge in [0.25, 0.3) is 0 Å². The number of aromatic nitrogens is 1. The van der Waals surface area contributed by atoms with Crippen molar-refractivity contribution in [2.75, 3.05) is 0 Å². The lowest BCUT2D eigenvalue weighted by Crippen LogP contribution is -2.02. The number of carboxylic acid groups (broad SMARTS) is 1. The van der Waals surface area contributed by atoms with Gasteiger partial charge in [-0.05, 0) is 30.3 Å². The first-order chi connectivity index (χ1) is 10.6. The van der Waals surface area contributed by atoms with Gasteiger partial charge in [-0.25, -0.2) is 4.79 Å². The standard InChI is InChI=1S/C17H14ClNO3/c1-19-13(10-22-16-5-3-2-4-14(16)18)8-11-6-7-12(17(20)21)9-15(11)19/h2-9H,10H2,1H3,(H,20,21). The molecule has 0 radical (unpaired) electrons. The maximum atomic E-state index is 11.1. The van der Waals surface area contributed by atoms with Crippen LogP contribution < -0.4 is 4.74 Å². The summed E-state index contributed by atoms with van der Waals surface area (Å²) in [5, 5.41) is 10.6. The number of ether oxygens (including phenoxy) is 1. The fourth-order valence-corrected chi connectivity index (χ4v) is 2.56. The average molecular weight is 316 g/mol. The molecule has 0 atom stereocenters. The fourth-order valence-electron chi connectivity index (χ4n) is 2.37. The van der Waals surface area contributed by atoms with Crippen LogP contribution in [0.15, 0.2) is 48.5 Å². The summed E-state index contributed by atoms with van der Waals surface area (Å²) in [6, 6.07) is 14.3. The Bertz CT molecular complexity index is 854. The molecule has 112 valence electrons. The molecular weight excluding hydrogens is 302 g/mol. The van der Waals surface area contributed by atoms with Gasteiger partial charge in [-0.3, -0.25) is 0 Å². The quantitative estimate of drug-likeness (QED) is 0.788. The van der Waals surface area contributed by atoms with Gasteiger partial charge in [-0.15, -0.1) is 0 Å². The second-order valence-corrected chi connectivity index (χ2v) is 5.40. The van der Waals surface area contributed by atoms with Crippen LogP contribution in [0.5, 0.6) is 5.75 Å². The molecule has 0 saturated carbocycles. The molecule has 2 aromatic carbocycles. The third kappa shape index (κ3) is 2.65. The number of para-hydroxylation sites is 1.